The predicted molar refractivity (Wildman–Crippen MR) is 78.8 cm³/mol. The van der Waals surface area contributed by atoms with Crippen molar-refractivity contribution in [3.63, 3.8) is 0 Å². The average molecular weight is 291 g/mol. The van der Waals surface area contributed by atoms with Crippen LogP contribution >= 0.6 is 11.3 Å². The molecule has 2 N–H and O–H groups in total. The quantitative estimate of drug-likeness (QED) is 0.823. The Balaban J connectivity index is 2.29. The molecule has 2 aromatic rings. The highest BCUT2D eigenvalue weighted by atomic mass is 32.1. The normalized spacial score (nSPS) is 13.8. The van der Waals surface area contributed by atoms with E-state index in [-0.39, 0.29) is 6.61 Å². The first-order chi connectivity index (χ1) is 9.69. The van der Waals surface area contributed by atoms with Crippen LogP contribution in [0.2, 0.25) is 0 Å². The molecular formula is C15H17NO3S. The van der Waals surface area contributed by atoms with Crippen molar-refractivity contribution in [3.05, 3.63) is 58.3 Å². The summed E-state index contributed by atoms with van der Waals surface area (Å²) in [4.78, 5) is 12.9. The van der Waals surface area contributed by atoms with Gasteiger partial charge in [-0.05, 0) is 17.0 Å². The Bertz CT molecular complexity index is 542. The summed E-state index contributed by atoms with van der Waals surface area (Å²) < 4.78 is 5.15. The van der Waals surface area contributed by atoms with Crippen LogP contribution in [-0.4, -0.2) is 24.8 Å². The van der Waals surface area contributed by atoms with Gasteiger partial charge in [0.15, 0.2) is 5.54 Å². The van der Waals surface area contributed by atoms with Gasteiger partial charge in [-0.1, -0.05) is 36.4 Å². The lowest BCUT2D eigenvalue weighted by Gasteiger charge is -2.30. The van der Waals surface area contributed by atoms with Gasteiger partial charge in [-0.2, -0.15) is 0 Å². The zero-order valence-electron chi connectivity index (χ0n) is 11.2. The van der Waals surface area contributed by atoms with Crippen molar-refractivity contribution in [2.75, 3.05) is 13.7 Å². The minimum absolute atomic E-state index is 0.0672. The molecule has 0 fully saturated rings. The third-order valence-corrected chi connectivity index (χ3v) is 4.01. The number of ether oxygens (including phenoxy) is 1. The molecule has 1 atom stereocenters. The van der Waals surface area contributed by atoms with Crippen LogP contribution in [0.4, 0.5) is 0 Å². The van der Waals surface area contributed by atoms with Crippen LogP contribution in [0.5, 0.6) is 0 Å². The molecule has 20 heavy (non-hydrogen) atoms. The monoisotopic (exact) mass is 291 g/mol. The molecule has 0 aliphatic carbocycles. The minimum atomic E-state index is -1.24. The van der Waals surface area contributed by atoms with E-state index in [1.165, 1.54) is 7.11 Å². The number of methoxy groups -OCH3 is 1. The molecule has 5 heteroatoms. The lowest BCUT2D eigenvalue weighted by Crippen LogP contribution is -2.52. The summed E-state index contributed by atoms with van der Waals surface area (Å²) in [6.45, 7) is 0.555. The Morgan fingerprint density at radius 2 is 2.05 bits per heavy atom. The molecule has 0 aliphatic heterocycles. The fourth-order valence-corrected chi connectivity index (χ4v) is 2.73. The number of carbonyl (C=O) groups is 1. The largest absolute Gasteiger partial charge is 0.480 e. The topological polar surface area (TPSA) is 58.6 Å². The maximum absolute atomic E-state index is 11.8. The van der Waals surface area contributed by atoms with Gasteiger partial charge in [0.1, 0.15) is 0 Å². The number of thiophene rings is 1. The Morgan fingerprint density at radius 1 is 1.30 bits per heavy atom. The number of benzene rings is 1. The van der Waals surface area contributed by atoms with Crippen LogP contribution in [0.3, 0.4) is 0 Å². The Hall–Kier alpha value is -1.69. The molecule has 0 aliphatic rings. The molecule has 1 unspecified atom stereocenters. The fourth-order valence-electron chi connectivity index (χ4n) is 2.09. The number of hydrogen-bond donors (Lipinski definition) is 2. The molecule has 0 bridgehead atoms. The van der Waals surface area contributed by atoms with E-state index in [1.54, 1.807) is 23.5 Å². The summed E-state index contributed by atoms with van der Waals surface area (Å²) in [6.07, 6.45) is 0. The number of hydrogen-bond acceptors (Lipinski definition) is 4. The highest BCUT2D eigenvalue weighted by molar-refractivity contribution is 7.09. The van der Waals surface area contributed by atoms with E-state index in [4.69, 9.17) is 4.74 Å². The van der Waals surface area contributed by atoms with Crippen molar-refractivity contribution < 1.29 is 14.6 Å². The molecule has 106 valence electrons. The number of aliphatic carboxylic acids is 1. The van der Waals surface area contributed by atoms with Crippen LogP contribution in [0.15, 0.2) is 47.8 Å². The number of carboxylic acids is 1. The average Bonchev–Trinajstić information content (AvgIpc) is 2.97. The first kappa shape index (κ1) is 14.7. The summed E-state index contributed by atoms with van der Waals surface area (Å²) in [5.41, 5.74) is -0.550. The summed E-state index contributed by atoms with van der Waals surface area (Å²) in [7, 11) is 1.51. The maximum Gasteiger partial charge on any atom is 0.331 e. The van der Waals surface area contributed by atoms with Gasteiger partial charge in [-0.3, -0.25) is 5.32 Å². The highest BCUT2D eigenvalue weighted by Crippen LogP contribution is 2.23. The van der Waals surface area contributed by atoms with Crippen LogP contribution in [-0.2, 0) is 21.6 Å². The van der Waals surface area contributed by atoms with E-state index >= 15 is 0 Å². The van der Waals surface area contributed by atoms with Crippen LogP contribution in [0.25, 0.3) is 0 Å². The minimum Gasteiger partial charge on any atom is -0.480 e. The van der Waals surface area contributed by atoms with Gasteiger partial charge in [-0.25, -0.2) is 4.79 Å². The molecule has 0 radical (unpaired) electrons. The van der Waals surface area contributed by atoms with Crippen LogP contribution in [0, 0.1) is 0 Å². The lowest BCUT2D eigenvalue weighted by atomic mass is 9.90. The van der Waals surface area contributed by atoms with Gasteiger partial charge in [0, 0.05) is 18.5 Å². The summed E-state index contributed by atoms with van der Waals surface area (Å²) in [6, 6.07) is 13.0. The first-order valence-electron chi connectivity index (χ1n) is 6.24. The number of nitrogens with one attached hydrogen (secondary N) is 1. The zero-order valence-corrected chi connectivity index (χ0v) is 12.0. The van der Waals surface area contributed by atoms with Gasteiger partial charge >= 0.3 is 5.97 Å². The Labute approximate surface area is 122 Å². The van der Waals surface area contributed by atoms with Crippen molar-refractivity contribution in [2.45, 2.75) is 12.1 Å². The molecule has 0 saturated carbocycles. The van der Waals surface area contributed by atoms with Crippen molar-refractivity contribution in [1.82, 2.24) is 5.32 Å². The molecule has 0 spiro atoms. The summed E-state index contributed by atoms with van der Waals surface area (Å²) in [5.74, 6) is -0.942. The standard InChI is InChI=1S/C15H17NO3S/c1-19-11-15(14(17)18,12-6-3-2-4-7-12)16-10-13-8-5-9-20-13/h2-9,16H,10-11H2,1H3,(H,17,18). The second-order valence-corrected chi connectivity index (χ2v) is 5.47. The lowest BCUT2D eigenvalue weighted by molar-refractivity contribution is -0.148. The SMILES string of the molecule is COCC(NCc1cccs1)(C(=O)O)c1ccccc1. The summed E-state index contributed by atoms with van der Waals surface area (Å²) >= 11 is 1.59. The van der Waals surface area contributed by atoms with E-state index in [1.807, 2.05) is 35.7 Å². The smallest absolute Gasteiger partial charge is 0.331 e. The number of rotatable bonds is 7. The predicted octanol–water partition coefficient (Wildman–Crippen LogP) is 2.46. The van der Waals surface area contributed by atoms with Gasteiger partial charge < -0.3 is 9.84 Å². The molecule has 1 aromatic carbocycles. The van der Waals surface area contributed by atoms with E-state index in [9.17, 15) is 9.90 Å². The van der Waals surface area contributed by atoms with Crippen molar-refractivity contribution in [3.8, 4) is 0 Å². The molecule has 1 heterocycles. The van der Waals surface area contributed by atoms with Gasteiger partial charge in [-0.15, -0.1) is 11.3 Å². The van der Waals surface area contributed by atoms with Gasteiger partial charge in [0.25, 0.3) is 0 Å². The van der Waals surface area contributed by atoms with E-state index < -0.39 is 11.5 Å². The van der Waals surface area contributed by atoms with E-state index in [2.05, 4.69) is 5.32 Å². The second-order valence-electron chi connectivity index (χ2n) is 4.44. The van der Waals surface area contributed by atoms with Crippen LogP contribution < -0.4 is 5.32 Å². The molecule has 4 nitrogen and oxygen atoms in total. The molecule has 0 saturated heterocycles. The Morgan fingerprint density at radius 3 is 2.60 bits per heavy atom. The first-order valence-corrected chi connectivity index (χ1v) is 7.12. The Kier molecular flexibility index (Phi) is 4.89. The van der Waals surface area contributed by atoms with E-state index in [0.29, 0.717) is 12.1 Å². The van der Waals surface area contributed by atoms with Crippen molar-refractivity contribution >= 4 is 17.3 Å². The maximum atomic E-state index is 11.8. The van der Waals surface area contributed by atoms with E-state index in [0.717, 1.165) is 4.88 Å². The molecule has 2 rings (SSSR count). The zero-order chi connectivity index (χ0) is 14.4. The highest BCUT2D eigenvalue weighted by Gasteiger charge is 2.40. The molecule has 0 amide bonds. The summed E-state index contributed by atoms with van der Waals surface area (Å²) in [5, 5.41) is 14.8. The van der Waals surface area contributed by atoms with Gasteiger partial charge in [0.2, 0.25) is 0 Å². The molecule has 1 aromatic heterocycles. The van der Waals surface area contributed by atoms with Crippen LogP contribution in [0.1, 0.15) is 10.4 Å². The molecular weight excluding hydrogens is 274 g/mol. The van der Waals surface area contributed by atoms with Crippen molar-refractivity contribution in [2.24, 2.45) is 0 Å². The second kappa shape index (κ2) is 6.65. The third-order valence-electron chi connectivity index (χ3n) is 3.14. The van der Waals surface area contributed by atoms with Crippen molar-refractivity contribution in [1.29, 1.82) is 0 Å². The number of carboxylic acid groups (broad SMARTS) is 1. The van der Waals surface area contributed by atoms with Gasteiger partial charge in [0.05, 0.1) is 6.61 Å². The third kappa shape index (κ3) is 3.07. The fraction of sp³-hybridized carbons (Fsp3) is 0.267.